The Morgan fingerprint density at radius 1 is 1.07 bits per heavy atom. The molecule has 3 aromatic rings. The molecule has 0 radical (unpaired) electrons. The van der Waals surface area contributed by atoms with Gasteiger partial charge in [-0.2, -0.15) is 0 Å². The molecule has 0 aliphatic rings. The van der Waals surface area contributed by atoms with Crippen molar-refractivity contribution in [1.82, 2.24) is 10.2 Å². The number of ether oxygens (including phenoxy) is 2. The fourth-order valence-electron chi connectivity index (χ4n) is 2.36. The number of nitrogens with zero attached hydrogens (tertiary/aromatic N) is 2. The number of anilines is 1. The number of amides is 2. The molecule has 0 aliphatic heterocycles. The third-order valence-electron chi connectivity index (χ3n) is 3.80. The summed E-state index contributed by atoms with van der Waals surface area (Å²) in [4.78, 5) is 23.1. The Kier molecular flexibility index (Phi) is 5.54. The molecule has 3 rings (SSSR count). The number of urea groups is 1. The minimum atomic E-state index is -0.740. The van der Waals surface area contributed by atoms with Crippen molar-refractivity contribution in [3.63, 3.8) is 0 Å². The highest BCUT2D eigenvalue weighted by atomic mass is 16.6. The van der Waals surface area contributed by atoms with E-state index < -0.39 is 18.1 Å². The number of carbonyl (C=O) groups excluding carboxylic acids is 2. The lowest BCUT2D eigenvalue weighted by Crippen LogP contribution is -2.19. The van der Waals surface area contributed by atoms with Crippen molar-refractivity contribution in [3.05, 3.63) is 60.0 Å². The minimum Gasteiger partial charge on any atom is -0.497 e. The van der Waals surface area contributed by atoms with Crippen molar-refractivity contribution in [2.24, 2.45) is 5.73 Å². The van der Waals surface area contributed by atoms with Crippen molar-refractivity contribution >= 4 is 17.7 Å². The Bertz CT molecular complexity index is 967. The van der Waals surface area contributed by atoms with E-state index in [2.05, 4.69) is 15.5 Å². The third kappa shape index (κ3) is 4.44. The summed E-state index contributed by atoms with van der Waals surface area (Å²) >= 11 is 0. The van der Waals surface area contributed by atoms with Crippen molar-refractivity contribution in [3.8, 4) is 17.2 Å². The molecule has 9 nitrogen and oxygen atoms in total. The van der Waals surface area contributed by atoms with Crippen LogP contribution in [-0.2, 0) is 4.74 Å². The molecule has 2 aromatic carbocycles. The first-order chi connectivity index (χ1) is 13.5. The summed E-state index contributed by atoms with van der Waals surface area (Å²) in [7, 11) is 1.58. The SMILES string of the molecule is COc1ccc(-c2nnc([C@@H](C)OC(=O)c3ccc(NC(N)=O)cc3)o2)cc1. The van der Waals surface area contributed by atoms with Crippen LogP contribution in [0.3, 0.4) is 0 Å². The zero-order valence-corrected chi connectivity index (χ0v) is 15.2. The molecular weight excluding hydrogens is 364 g/mol. The molecule has 0 spiro atoms. The molecule has 1 aromatic heterocycles. The minimum absolute atomic E-state index is 0.172. The van der Waals surface area contributed by atoms with Crippen molar-refractivity contribution in [2.45, 2.75) is 13.0 Å². The average molecular weight is 382 g/mol. The largest absolute Gasteiger partial charge is 0.497 e. The molecule has 0 aliphatic carbocycles. The summed E-state index contributed by atoms with van der Waals surface area (Å²) in [6.45, 7) is 1.63. The molecule has 28 heavy (non-hydrogen) atoms. The molecule has 9 heteroatoms. The number of rotatable bonds is 6. The summed E-state index contributed by atoms with van der Waals surface area (Å²) in [5.41, 5.74) is 6.53. The van der Waals surface area contributed by atoms with Gasteiger partial charge in [-0.1, -0.05) is 0 Å². The highest BCUT2D eigenvalue weighted by Crippen LogP contribution is 2.25. The van der Waals surface area contributed by atoms with E-state index >= 15 is 0 Å². The summed E-state index contributed by atoms with van der Waals surface area (Å²) in [5.74, 6) is 0.624. The number of hydrogen-bond donors (Lipinski definition) is 2. The summed E-state index contributed by atoms with van der Waals surface area (Å²) < 4.78 is 16.1. The van der Waals surface area contributed by atoms with E-state index in [1.165, 1.54) is 12.1 Å². The second kappa shape index (κ2) is 8.21. The molecular formula is C19H18N4O5. The van der Waals surface area contributed by atoms with Gasteiger partial charge in [0, 0.05) is 11.3 Å². The average Bonchev–Trinajstić information content (AvgIpc) is 3.18. The molecule has 1 heterocycles. The van der Waals surface area contributed by atoms with Crippen LogP contribution in [0.5, 0.6) is 5.75 Å². The van der Waals surface area contributed by atoms with E-state index in [1.807, 2.05) is 0 Å². The first-order valence-electron chi connectivity index (χ1n) is 8.31. The smallest absolute Gasteiger partial charge is 0.338 e. The lowest BCUT2D eigenvalue weighted by molar-refractivity contribution is 0.0280. The summed E-state index contributed by atoms with van der Waals surface area (Å²) in [5, 5.41) is 10.3. The number of methoxy groups -OCH3 is 1. The van der Waals surface area contributed by atoms with Gasteiger partial charge in [0.25, 0.3) is 5.89 Å². The van der Waals surface area contributed by atoms with E-state index in [0.717, 1.165) is 5.56 Å². The number of benzene rings is 2. The predicted octanol–water partition coefficient (Wildman–Crippen LogP) is 3.15. The van der Waals surface area contributed by atoms with Crippen molar-refractivity contribution < 1.29 is 23.5 Å². The van der Waals surface area contributed by atoms with E-state index in [1.54, 1.807) is 50.4 Å². The van der Waals surface area contributed by atoms with Gasteiger partial charge in [0.05, 0.1) is 12.7 Å². The molecule has 1 atom stereocenters. The zero-order chi connectivity index (χ0) is 20.1. The maximum absolute atomic E-state index is 12.3. The standard InChI is InChI=1S/C19H18N4O5/c1-11(27-18(24)13-3-7-14(8-4-13)21-19(20)25)16-22-23-17(28-16)12-5-9-15(26-2)10-6-12/h3-11H,1-2H3,(H3,20,21,25)/t11-/m1/s1. The molecule has 0 fully saturated rings. The Hall–Kier alpha value is -3.88. The van der Waals surface area contributed by atoms with Gasteiger partial charge in [0.2, 0.25) is 5.89 Å². The summed E-state index contributed by atoms with van der Waals surface area (Å²) in [6, 6.07) is 12.5. The maximum atomic E-state index is 12.3. The number of nitrogens with one attached hydrogen (secondary N) is 1. The molecule has 0 unspecified atom stereocenters. The van der Waals surface area contributed by atoms with Crippen LogP contribution >= 0.6 is 0 Å². The Labute approximate surface area is 160 Å². The number of aromatic nitrogens is 2. The van der Waals surface area contributed by atoms with Gasteiger partial charge in [-0.05, 0) is 55.5 Å². The topological polar surface area (TPSA) is 130 Å². The molecule has 0 bridgehead atoms. The van der Waals surface area contributed by atoms with Crippen LogP contribution in [-0.4, -0.2) is 29.3 Å². The molecule has 144 valence electrons. The number of carbonyl (C=O) groups is 2. The first kappa shape index (κ1) is 18.9. The van der Waals surface area contributed by atoms with Crippen LogP contribution < -0.4 is 15.8 Å². The molecule has 2 amide bonds. The zero-order valence-electron chi connectivity index (χ0n) is 15.2. The molecule has 3 N–H and O–H groups in total. The van der Waals surface area contributed by atoms with E-state index in [-0.39, 0.29) is 5.89 Å². The van der Waals surface area contributed by atoms with E-state index in [0.29, 0.717) is 22.9 Å². The molecule has 0 saturated carbocycles. The van der Waals surface area contributed by atoms with E-state index in [4.69, 9.17) is 19.6 Å². The van der Waals surface area contributed by atoms with Crippen LogP contribution in [0, 0.1) is 0 Å². The van der Waals surface area contributed by atoms with Crippen LogP contribution in [0.25, 0.3) is 11.5 Å². The van der Waals surface area contributed by atoms with Gasteiger partial charge in [-0.25, -0.2) is 9.59 Å². The summed E-state index contributed by atoms with van der Waals surface area (Å²) in [6.07, 6.45) is -0.740. The quantitative estimate of drug-likeness (QED) is 0.626. The van der Waals surface area contributed by atoms with Crippen molar-refractivity contribution in [1.29, 1.82) is 0 Å². The van der Waals surface area contributed by atoms with Gasteiger partial charge in [-0.3, -0.25) is 0 Å². The van der Waals surface area contributed by atoms with E-state index in [9.17, 15) is 9.59 Å². The fourth-order valence-corrected chi connectivity index (χ4v) is 2.36. The van der Waals surface area contributed by atoms with Crippen LogP contribution in [0.4, 0.5) is 10.5 Å². The second-order valence-electron chi connectivity index (χ2n) is 5.79. The Morgan fingerprint density at radius 3 is 2.36 bits per heavy atom. The van der Waals surface area contributed by atoms with Gasteiger partial charge in [-0.15, -0.1) is 10.2 Å². The predicted molar refractivity (Wildman–Crippen MR) is 99.8 cm³/mol. The van der Waals surface area contributed by atoms with Gasteiger partial charge in [0.1, 0.15) is 5.75 Å². The van der Waals surface area contributed by atoms with Gasteiger partial charge in [0.15, 0.2) is 6.10 Å². The monoisotopic (exact) mass is 382 g/mol. The number of esters is 1. The highest BCUT2D eigenvalue weighted by molar-refractivity contribution is 5.91. The van der Waals surface area contributed by atoms with Crippen molar-refractivity contribution in [2.75, 3.05) is 12.4 Å². The van der Waals surface area contributed by atoms with Gasteiger partial charge >= 0.3 is 12.0 Å². The number of nitrogens with two attached hydrogens (primary N) is 1. The second-order valence-corrected chi connectivity index (χ2v) is 5.79. The lowest BCUT2D eigenvalue weighted by atomic mass is 10.2. The third-order valence-corrected chi connectivity index (χ3v) is 3.80. The lowest BCUT2D eigenvalue weighted by Gasteiger charge is -2.10. The fraction of sp³-hybridized carbons (Fsp3) is 0.158. The van der Waals surface area contributed by atoms with Crippen LogP contribution in [0.1, 0.15) is 29.3 Å². The Morgan fingerprint density at radius 2 is 1.75 bits per heavy atom. The number of hydrogen-bond acceptors (Lipinski definition) is 7. The van der Waals surface area contributed by atoms with Gasteiger partial charge < -0.3 is 24.9 Å². The highest BCUT2D eigenvalue weighted by Gasteiger charge is 2.20. The van der Waals surface area contributed by atoms with Crippen LogP contribution in [0.2, 0.25) is 0 Å². The first-order valence-corrected chi connectivity index (χ1v) is 8.31. The van der Waals surface area contributed by atoms with Crippen LogP contribution in [0.15, 0.2) is 52.9 Å². The maximum Gasteiger partial charge on any atom is 0.338 e. The number of primary amides is 1. The Balaban J connectivity index is 1.65. The molecule has 0 saturated heterocycles. The normalized spacial score (nSPS) is 11.5.